The average Bonchev–Trinajstić information content (AvgIpc) is 1.36. The van der Waals surface area contributed by atoms with Gasteiger partial charge in [0.05, 0.1) is 1.37 Å². The smallest absolute Gasteiger partial charge is 0.0564 e. The molecule has 2 unspecified atom stereocenters. The van der Waals surface area contributed by atoms with Crippen LogP contribution < -0.4 is 0 Å². The summed E-state index contributed by atoms with van der Waals surface area (Å²) in [6.07, 6.45) is -0.676. The molecule has 0 heterocycles. The second-order valence-corrected chi connectivity index (χ2v) is 0.482. The van der Waals surface area contributed by atoms with E-state index in [1.165, 1.54) is 6.92 Å². The Morgan fingerprint density at radius 1 is 2.25 bits per heavy atom. The van der Waals surface area contributed by atoms with E-state index in [0.717, 1.165) is 0 Å². The number of hydrogen-bond donors (Lipinski definition) is 1. The maximum atomic E-state index is 8.11. The number of rotatable bonds is 1. The second kappa shape index (κ2) is 2.96. The number of aliphatic hydroxyl groups excluding tert-OH is 1. The van der Waals surface area contributed by atoms with Gasteiger partial charge in [-0.3, -0.25) is 0 Å². The van der Waals surface area contributed by atoms with Crippen LogP contribution in [0.3, 0.4) is 0 Å². The minimum Gasteiger partial charge on any atom is -0.396 e. The quantitative estimate of drug-likeness (QED) is 0.466. The summed E-state index contributed by atoms with van der Waals surface area (Å²) in [5.41, 5.74) is 0. The first kappa shape index (κ1) is 1.41. The minimum absolute atomic E-state index is 0.676. The zero-order valence-electron chi connectivity index (χ0n) is 4.60. The molecule has 0 amide bonds. The normalized spacial score (nSPS) is 30.5. The summed E-state index contributed by atoms with van der Waals surface area (Å²) in [7, 11) is 0. The first-order valence-electron chi connectivity index (χ1n) is 2.32. The lowest BCUT2D eigenvalue weighted by Crippen LogP contribution is -1.69. The van der Waals surface area contributed by atoms with Crippen molar-refractivity contribution in [2.45, 2.75) is 13.3 Å². The third-order valence-corrected chi connectivity index (χ3v) is 0.149. The average molecular weight is 62.1 g/mol. The highest BCUT2D eigenvalue weighted by atomic mass is 16.2. The van der Waals surface area contributed by atoms with Crippen LogP contribution in [-0.2, 0) is 0 Å². The van der Waals surface area contributed by atoms with Crippen molar-refractivity contribution in [3.63, 3.8) is 0 Å². The highest BCUT2D eigenvalue weighted by molar-refractivity contribution is 4.10. The van der Waals surface area contributed by atoms with Crippen molar-refractivity contribution in [3.05, 3.63) is 0 Å². The summed E-state index contributed by atoms with van der Waals surface area (Å²) in [5, 5.41) is 8.11. The van der Waals surface area contributed by atoms with Gasteiger partial charge in [-0.15, -0.1) is 0 Å². The van der Waals surface area contributed by atoms with Crippen molar-refractivity contribution in [2.75, 3.05) is 6.58 Å². The van der Waals surface area contributed by atoms with Gasteiger partial charge in [-0.05, 0) is 6.40 Å². The molecule has 1 N–H and O–H groups in total. The molecular formula is C3H8O. The Kier molecular flexibility index (Phi) is 1.04. The van der Waals surface area contributed by atoms with Gasteiger partial charge in [-0.2, -0.15) is 0 Å². The fraction of sp³-hybridized carbons (Fsp3) is 1.00. The lowest BCUT2D eigenvalue weighted by molar-refractivity contribution is 0.295. The standard InChI is InChI=1S/C3H8O/c1-2-3-4/h4H,2-3H2,1H3/i2D,3D. The van der Waals surface area contributed by atoms with E-state index in [1.807, 2.05) is 0 Å². The zero-order valence-corrected chi connectivity index (χ0v) is 2.60. The van der Waals surface area contributed by atoms with Crippen molar-refractivity contribution < 1.29 is 7.85 Å². The van der Waals surface area contributed by atoms with E-state index in [0.29, 0.717) is 0 Å². The maximum absolute atomic E-state index is 8.11. The molecule has 0 spiro atoms. The topological polar surface area (TPSA) is 20.2 Å². The molecule has 0 radical (unpaired) electrons. The first-order chi connectivity index (χ1) is 2.64. The van der Waals surface area contributed by atoms with Crippen LogP contribution in [0.5, 0.6) is 0 Å². The molecule has 0 aliphatic carbocycles. The molecule has 0 saturated carbocycles. The van der Waals surface area contributed by atoms with Gasteiger partial charge < -0.3 is 5.11 Å². The molecule has 0 saturated heterocycles. The monoisotopic (exact) mass is 62.1 g/mol. The molecule has 0 aromatic rings. The third-order valence-electron chi connectivity index (χ3n) is 0.149. The fourth-order valence-corrected chi connectivity index (χ4v) is 0. The summed E-state index contributed by atoms with van der Waals surface area (Å²) >= 11 is 0. The Hall–Kier alpha value is -0.0400. The van der Waals surface area contributed by atoms with Crippen molar-refractivity contribution in [2.24, 2.45) is 0 Å². The summed E-state index contributed by atoms with van der Waals surface area (Å²) in [6.45, 7) is 0.238. The highest BCUT2D eigenvalue weighted by Crippen LogP contribution is 1.61. The Morgan fingerprint density at radius 2 is 2.50 bits per heavy atom. The van der Waals surface area contributed by atoms with Crippen LogP contribution >= 0.6 is 0 Å². The van der Waals surface area contributed by atoms with Gasteiger partial charge in [0.2, 0.25) is 0 Å². The summed E-state index contributed by atoms with van der Waals surface area (Å²) < 4.78 is 13.0. The summed E-state index contributed by atoms with van der Waals surface area (Å²) in [5.74, 6) is 0. The molecule has 1 heteroatoms. The predicted molar refractivity (Wildman–Crippen MR) is 17.4 cm³/mol. The number of hydrogen-bond acceptors (Lipinski definition) is 1. The predicted octanol–water partition coefficient (Wildman–Crippen LogP) is 0.389. The highest BCUT2D eigenvalue weighted by Gasteiger charge is 1.57. The van der Waals surface area contributed by atoms with Crippen LogP contribution in [0.25, 0.3) is 0 Å². The van der Waals surface area contributed by atoms with Gasteiger partial charge in [0.1, 0.15) is 0 Å². The van der Waals surface area contributed by atoms with Gasteiger partial charge in [0.25, 0.3) is 0 Å². The van der Waals surface area contributed by atoms with Crippen LogP contribution in [0.15, 0.2) is 0 Å². The lowest BCUT2D eigenvalue weighted by Gasteiger charge is -1.69. The fourth-order valence-electron chi connectivity index (χ4n) is 0. The van der Waals surface area contributed by atoms with Crippen LogP contribution in [0.4, 0.5) is 0 Å². The molecular weight excluding hydrogens is 52.0 g/mol. The molecule has 2 atom stereocenters. The van der Waals surface area contributed by atoms with Crippen LogP contribution in [0.2, 0.25) is 0 Å². The molecule has 0 aliphatic heterocycles. The molecule has 0 aromatic heterocycles. The van der Waals surface area contributed by atoms with E-state index in [9.17, 15) is 0 Å². The molecule has 0 fully saturated rings. The molecule has 0 aromatic carbocycles. The Morgan fingerprint density at radius 3 is 2.50 bits per heavy atom. The van der Waals surface area contributed by atoms with Gasteiger partial charge >= 0.3 is 0 Å². The SMILES string of the molecule is [2H]C(C)C([2H])O. The van der Waals surface area contributed by atoms with Crippen LogP contribution in [-0.4, -0.2) is 11.7 Å². The van der Waals surface area contributed by atoms with E-state index in [1.54, 1.807) is 0 Å². The summed E-state index contributed by atoms with van der Waals surface area (Å²) in [4.78, 5) is 0. The maximum Gasteiger partial charge on any atom is 0.0564 e. The van der Waals surface area contributed by atoms with Gasteiger partial charge in [0.15, 0.2) is 0 Å². The van der Waals surface area contributed by atoms with E-state index in [2.05, 4.69) is 0 Å². The molecule has 26 valence electrons. The molecule has 1 nitrogen and oxygen atoms in total. The lowest BCUT2D eigenvalue weighted by atomic mass is 10.5. The number of aliphatic hydroxyl groups is 1. The van der Waals surface area contributed by atoms with E-state index in [4.69, 9.17) is 7.85 Å². The van der Waals surface area contributed by atoms with Gasteiger partial charge in [0, 0.05) is 7.95 Å². The third kappa shape index (κ3) is 1.96. The molecule has 0 aliphatic rings. The van der Waals surface area contributed by atoms with Crippen LogP contribution in [0, 0.1) is 0 Å². The second-order valence-electron chi connectivity index (χ2n) is 0.482. The Bertz CT molecular complexity index is 29.8. The first-order valence-corrected chi connectivity index (χ1v) is 1.17. The Balaban J connectivity index is 2.99. The minimum atomic E-state index is -1.23. The van der Waals surface area contributed by atoms with Crippen molar-refractivity contribution in [1.29, 1.82) is 0 Å². The molecule has 4 heavy (non-hydrogen) atoms. The van der Waals surface area contributed by atoms with Crippen molar-refractivity contribution in [1.82, 2.24) is 0 Å². The summed E-state index contributed by atoms with van der Waals surface area (Å²) in [6, 6.07) is 0. The molecule has 0 bridgehead atoms. The van der Waals surface area contributed by atoms with E-state index < -0.39 is 13.0 Å². The van der Waals surface area contributed by atoms with Gasteiger partial charge in [-0.25, -0.2) is 0 Å². The van der Waals surface area contributed by atoms with E-state index >= 15 is 0 Å². The van der Waals surface area contributed by atoms with Crippen LogP contribution in [0.1, 0.15) is 16.1 Å². The van der Waals surface area contributed by atoms with Gasteiger partial charge in [-0.1, -0.05) is 6.92 Å². The van der Waals surface area contributed by atoms with Crippen molar-refractivity contribution >= 4 is 0 Å². The molecule has 0 rings (SSSR count). The van der Waals surface area contributed by atoms with E-state index in [-0.39, 0.29) is 0 Å². The zero-order chi connectivity index (χ0) is 5.15. The largest absolute Gasteiger partial charge is 0.396 e. The Labute approximate surface area is 29.1 Å². The van der Waals surface area contributed by atoms with Crippen molar-refractivity contribution in [3.8, 4) is 0 Å².